The fraction of sp³-hybridized carbons (Fsp3) is 0.474. The Morgan fingerprint density at radius 1 is 1.31 bits per heavy atom. The Kier molecular flexibility index (Phi) is 4.10. The van der Waals surface area contributed by atoms with Crippen LogP contribution in [0.25, 0.3) is 0 Å². The minimum Gasteiger partial charge on any atom is -0.395 e. The number of anilines is 3. The van der Waals surface area contributed by atoms with Crippen LogP contribution in [0.15, 0.2) is 24.4 Å². The van der Waals surface area contributed by atoms with Gasteiger partial charge in [-0.15, -0.1) is 0 Å². The van der Waals surface area contributed by atoms with Crippen molar-refractivity contribution in [3.8, 4) is 0 Å². The lowest BCUT2D eigenvalue weighted by atomic mass is 9.83. The highest BCUT2D eigenvalue weighted by molar-refractivity contribution is 6.33. The Balaban J connectivity index is 1.86. The number of aliphatic hydroxyl groups excluding tert-OH is 1. The number of halogens is 1. The molecule has 1 saturated carbocycles. The summed E-state index contributed by atoms with van der Waals surface area (Å²) in [4.78, 5) is 10.2. The first-order valence-corrected chi connectivity index (χ1v) is 9.28. The third-order valence-electron chi connectivity index (χ3n) is 5.76. The van der Waals surface area contributed by atoms with Gasteiger partial charge in [0.2, 0.25) is 5.95 Å². The zero-order valence-corrected chi connectivity index (χ0v) is 15.5. The fourth-order valence-corrected chi connectivity index (χ4v) is 4.40. The molecule has 0 radical (unpaired) electrons. The van der Waals surface area contributed by atoms with Crippen molar-refractivity contribution in [2.75, 3.05) is 23.8 Å². The zero-order chi connectivity index (χ0) is 18.5. The summed E-state index contributed by atoms with van der Waals surface area (Å²) >= 11 is 6.34. The van der Waals surface area contributed by atoms with E-state index >= 15 is 0 Å². The first kappa shape index (κ1) is 17.5. The van der Waals surface area contributed by atoms with Crippen LogP contribution < -0.4 is 10.6 Å². The van der Waals surface area contributed by atoms with Crippen molar-refractivity contribution in [3.63, 3.8) is 0 Å². The van der Waals surface area contributed by atoms with Gasteiger partial charge in [-0.1, -0.05) is 43.5 Å². The van der Waals surface area contributed by atoms with E-state index in [4.69, 9.17) is 17.3 Å². The second kappa shape index (κ2) is 6.08. The predicted octanol–water partition coefficient (Wildman–Crippen LogP) is 2.88. The van der Waals surface area contributed by atoms with Gasteiger partial charge in [0.05, 0.1) is 18.4 Å². The highest BCUT2D eigenvalue weighted by Gasteiger charge is 2.42. The van der Waals surface area contributed by atoms with Crippen molar-refractivity contribution in [2.45, 2.75) is 43.6 Å². The van der Waals surface area contributed by atoms with E-state index in [2.05, 4.69) is 9.97 Å². The Bertz CT molecular complexity index is 853. The molecule has 1 aliphatic heterocycles. The molecule has 138 valence electrons. The summed E-state index contributed by atoms with van der Waals surface area (Å²) in [6, 6.07) is 6.00. The molecule has 0 spiro atoms. The monoisotopic (exact) mass is 374 g/mol. The molecule has 1 atom stereocenters. The van der Waals surface area contributed by atoms with Crippen molar-refractivity contribution in [3.05, 3.63) is 40.5 Å². The normalized spacial score (nSPS) is 24.1. The van der Waals surface area contributed by atoms with Crippen LogP contribution in [-0.2, 0) is 11.0 Å². The molecule has 6 nitrogen and oxygen atoms in total. The van der Waals surface area contributed by atoms with E-state index in [1.165, 1.54) is 6.20 Å². The molecular formula is C19H23ClN4O2. The van der Waals surface area contributed by atoms with Crippen molar-refractivity contribution >= 4 is 29.1 Å². The lowest BCUT2D eigenvalue weighted by molar-refractivity contribution is 0.0445. The van der Waals surface area contributed by atoms with Crippen molar-refractivity contribution in [1.29, 1.82) is 0 Å². The van der Waals surface area contributed by atoms with Crippen LogP contribution in [0.5, 0.6) is 0 Å². The van der Waals surface area contributed by atoms with Crippen molar-refractivity contribution in [2.24, 2.45) is 0 Å². The highest BCUT2D eigenvalue weighted by Crippen LogP contribution is 2.48. The summed E-state index contributed by atoms with van der Waals surface area (Å²) in [5.41, 5.74) is 7.35. The first-order chi connectivity index (χ1) is 12.4. The molecule has 1 aliphatic carbocycles. The number of nitrogens with two attached hydrogens (primary N) is 1. The lowest BCUT2D eigenvalue weighted by Gasteiger charge is -2.25. The van der Waals surface area contributed by atoms with Gasteiger partial charge in [0, 0.05) is 17.6 Å². The minimum absolute atomic E-state index is 0.00169. The molecule has 0 amide bonds. The first-order valence-electron chi connectivity index (χ1n) is 8.90. The highest BCUT2D eigenvalue weighted by atomic mass is 35.5. The Morgan fingerprint density at radius 3 is 2.73 bits per heavy atom. The second-order valence-corrected chi connectivity index (χ2v) is 8.08. The number of hydrogen-bond acceptors (Lipinski definition) is 6. The van der Waals surface area contributed by atoms with Crippen molar-refractivity contribution in [1.82, 2.24) is 9.97 Å². The van der Waals surface area contributed by atoms with E-state index in [-0.39, 0.29) is 12.6 Å². The number of aliphatic hydroxyl groups is 2. The molecule has 1 fully saturated rings. The smallest absolute Gasteiger partial charge is 0.222 e. The Morgan fingerprint density at radius 2 is 2.04 bits per heavy atom. The maximum Gasteiger partial charge on any atom is 0.222 e. The van der Waals surface area contributed by atoms with Crippen LogP contribution in [0.1, 0.15) is 43.7 Å². The number of fused-ring (bicyclic) bond motifs is 1. The van der Waals surface area contributed by atoms with Gasteiger partial charge in [-0.25, -0.2) is 4.98 Å². The van der Waals surface area contributed by atoms with Crippen LogP contribution in [-0.4, -0.2) is 33.3 Å². The molecule has 26 heavy (non-hydrogen) atoms. The zero-order valence-electron chi connectivity index (χ0n) is 14.7. The number of rotatable bonds is 3. The van der Waals surface area contributed by atoms with Gasteiger partial charge in [0.25, 0.3) is 0 Å². The molecule has 2 aromatic rings. The molecule has 1 aromatic carbocycles. The van der Waals surface area contributed by atoms with E-state index in [1.54, 1.807) is 0 Å². The van der Waals surface area contributed by atoms with Gasteiger partial charge >= 0.3 is 0 Å². The van der Waals surface area contributed by atoms with Crippen LogP contribution in [0.2, 0.25) is 5.02 Å². The van der Waals surface area contributed by atoms with E-state index < -0.39 is 11.0 Å². The number of nitrogen functional groups attached to an aromatic ring is 1. The number of benzene rings is 1. The Labute approximate surface area is 157 Å². The lowest BCUT2D eigenvalue weighted by Crippen LogP contribution is -2.32. The predicted molar refractivity (Wildman–Crippen MR) is 102 cm³/mol. The second-order valence-electron chi connectivity index (χ2n) is 7.68. The van der Waals surface area contributed by atoms with E-state index in [0.29, 0.717) is 17.4 Å². The van der Waals surface area contributed by atoms with Gasteiger partial charge in [-0.05, 0) is 30.0 Å². The van der Waals surface area contributed by atoms with E-state index in [1.807, 2.05) is 30.0 Å². The number of nitrogens with zero attached hydrogens (tertiary/aromatic N) is 3. The van der Waals surface area contributed by atoms with E-state index in [9.17, 15) is 10.2 Å². The largest absolute Gasteiger partial charge is 0.395 e. The maximum absolute atomic E-state index is 11.0. The van der Waals surface area contributed by atoms with E-state index in [0.717, 1.165) is 42.5 Å². The molecule has 2 aliphatic rings. The summed E-state index contributed by atoms with van der Waals surface area (Å²) in [5, 5.41) is 21.4. The number of hydrogen-bond donors (Lipinski definition) is 3. The molecule has 0 saturated heterocycles. The summed E-state index contributed by atoms with van der Waals surface area (Å²) in [6.07, 6.45) is 5.08. The molecule has 4 rings (SSSR count). The quantitative estimate of drug-likeness (QED) is 0.764. The third kappa shape index (κ3) is 2.64. The molecule has 2 heterocycles. The number of aromatic nitrogens is 2. The molecule has 1 unspecified atom stereocenters. The van der Waals surface area contributed by atoms with Crippen LogP contribution in [0.3, 0.4) is 0 Å². The summed E-state index contributed by atoms with van der Waals surface area (Å²) < 4.78 is 0. The summed E-state index contributed by atoms with van der Waals surface area (Å²) in [5.74, 6) is 0.669. The summed E-state index contributed by atoms with van der Waals surface area (Å²) in [6.45, 7) is 2.53. The maximum atomic E-state index is 11.0. The van der Waals surface area contributed by atoms with Crippen LogP contribution >= 0.6 is 11.6 Å². The average Bonchev–Trinajstić information content (AvgIpc) is 3.20. The summed E-state index contributed by atoms with van der Waals surface area (Å²) in [7, 11) is 0. The molecule has 0 bridgehead atoms. The standard InChI is InChI=1S/C19H23ClN4O2/c1-18(11-25)10-24(16-14(20)9-22-17(21)23-16)15-8-12(4-5-13(15)18)19(26)6-2-3-7-19/h4-5,8-9,25-26H,2-3,6-7,10-11H2,1H3,(H2,21,22,23). The van der Waals surface area contributed by atoms with Crippen LogP contribution in [0, 0.1) is 0 Å². The van der Waals surface area contributed by atoms with Gasteiger partial charge in [-0.3, -0.25) is 0 Å². The van der Waals surface area contributed by atoms with Gasteiger partial charge < -0.3 is 20.8 Å². The molecular weight excluding hydrogens is 352 g/mol. The minimum atomic E-state index is -0.784. The fourth-order valence-electron chi connectivity index (χ4n) is 4.21. The average molecular weight is 375 g/mol. The Hall–Kier alpha value is -1.89. The van der Waals surface area contributed by atoms with Gasteiger partial charge in [0.15, 0.2) is 5.82 Å². The van der Waals surface area contributed by atoms with Crippen molar-refractivity contribution < 1.29 is 10.2 Å². The molecule has 1 aromatic heterocycles. The molecule has 4 N–H and O–H groups in total. The topological polar surface area (TPSA) is 95.5 Å². The SMILES string of the molecule is CC1(CO)CN(c2nc(N)ncc2Cl)c2cc(C3(O)CCCC3)ccc21. The van der Waals surface area contributed by atoms with Gasteiger partial charge in [-0.2, -0.15) is 4.98 Å². The van der Waals surface area contributed by atoms with Crippen LogP contribution in [0.4, 0.5) is 17.5 Å². The van der Waals surface area contributed by atoms with Gasteiger partial charge in [0.1, 0.15) is 5.02 Å². The molecule has 7 heteroatoms. The third-order valence-corrected chi connectivity index (χ3v) is 6.03.